The van der Waals surface area contributed by atoms with E-state index in [1.54, 1.807) is 24.3 Å². The lowest BCUT2D eigenvalue weighted by atomic mass is 10.1. The Morgan fingerprint density at radius 1 is 1.03 bits per heavy atom. The van der Waals surface area contributed by atoms with Gasteiger partial charge in [-0.25, -0.2) is 4.79 Å². The number of Topliss-reactive ketones (excluding diaryl/α,β-unsaturated/α-hetero) is 1. The van der Waals surface area contributed by atoms with Crippen molar-refractivity contribution in [3.8, 4) is 5.75 Å². The van der Waals surface area contributed by atoms with E-state index >= 15 is 0 Å². The third-order valence-electron chi connectivity index (χ3n) is 5.23. The number of hydrogen-bond donors (Lipinski definition) is 0. The molecule has 0 spiro atoms. The molecule has 184 valence electrons. The second-order valence-electron chi connectivity index (χ2n) is 7.75. The lowest BCUT2D eigenvalue weighted by molar-refractivity contribution is -0.137. The fourth-order valence-electron chi connectivity index (χ4n) is 3.43. The minimum absolute atomic E-state index is 0.0376. The number of ether oxygens (including phenoxy) is 2. The summed E-state index contributed by atoms with van der Waals surface area (Å²) < 4.78 is 59.6. The van der Waals surface area contributed by atoms with Crippen molar-refractivity contribution < 1.29 is 41.1 Å². The Hall–Kier alpha value is -3.31. The van der Waals surface area contributed by atoms with Gasteiger partial charge in [0.15, 0.2) is 16.7 Å². The zero-order valence-corrected chi connectivity index (χ0v) is 18.9. The maximum Gasteiger partial charge on any atom is 0.518 e. The lowest BCUT2D eigenvalue weighted by Gasteiger charge is -2.19. The van der Waals surface area contributed by atoms with Crippen LogP contribution in [0, 0.1) is 0 Å². The average molecular weight is 508 g/mol. The van der Waals surface area contributed by atoms with Gasteiger partial charge in [0, 0.05) is 0 Å². The number of alkyl halides is 3. The van der Waals surface area contributed by atoms with Crippen LogP contribution in [0.2, 0.25) is 0 Å². The summed E-state index contributed by atoms with van der Waals surface area (Å²) in [5, 5.41) is -0.501. The van der Waals surface area contributed by atoms with Gasteiger partial charge in [-0.3, -0.25) is 9.59 Å². The third kappa shape index (κ3) is 6.64. The average Bonchev–Trinajstić information content (AvgIpc) is 3.38. The molecule has 2 aromatic carbocycles. The number of carbonyl (C=O) groups is 2. The molecular weight excluding hydrogens is 489 g/mol. The lowest BCUT2D eigenvalue weighted by Crippen LogP contribution is -2.15. The van der Waals surface area contributed by atoms with E-state index in [1.165, 1.54) is 12.1 Å². The van der Waals surface area contributed by atoms with Crippen LogP contribution in [0.5, 0.6) is 5.75 Å². The smallest absolute Gasteiger partial charge is 0.491 e. The molecule has 0 N–H and O–H groups in total. The summed E-state index contributed by atoms with van der Waals surface area (Å²) in [5.74, 6) is -0.377. The van der Waals surface area contributed by atoms with Crippen LogP contribution in [-0.2, 0) is 33.5 Å². The first kappa shape index (κ1) is 24.8. The highest BCUT2D eigenvalue weighted by atomic mass is 32.2. The quantitative estimate of drug-likeness (QED) is 0.383. The van der Waals surface area contributed by atoms with Crippen LogP contribution in [-0.4, -0.2) is 22.8 Å². The summed E-state index contributed by atoms with van der Waals surface area (Å²) in [6.45, 7) is -0.205. The molecule has 11 heteroatoms. The first-order chi connectivity index (χ1) is 16.7. The van der Waals surface area contributed by atoms with Gasteiger partial charge >= 0.3 is 12.0 Å². The molecule has 0 aliphatic carbocycles. The van der Waals surface area contributed by atoms with Crippen LogP contribution in [0.25, 0.3) is 0 Å². The van der Waals surface area contributed by atoms with Crippen LogP contribution in [0.1, 0.15) is 35.0 Å². The zero-order chi connectivity index (χ0) is 25.0. The molecule has 7 nitrogen and oxygen atoms in total. The fourth-order valence-corrected chi connectivity index (χ4v) is 4.46. The largest absolute Gasteiger partial charge is 0.518 e. The first-order valence-corrected chi connectivity index (χ1v) is 11.4. The SMILES string of the molecule is O=C1CC(=O)C(Cc2ccc(OCC(OCc3coc(=O)o3)c3ccc(C(F)(F)F)cc3)cc2)S1. The minimum atomic E-state index is -4.47. The predicted octanol–water partition coefficient (Wildman–Crippen LogP) is 4.73. The van der Waals surface area contributed by atoms with E-state index in [1.807, 2.05) is 0 Å². The van der Waals surface area contributed by atoms with Gasteiger partial charge in [0.05, 0.1) is 17.2 Å². The number of thioether (sulfide) groups is 1. The summed E-state index contributed by atoms with van der Waals surface area (Å²) in [7, 11) is 0. The Bertz CT molecular complexity index is 1230. The van der Waals surface area contributed by atoms with Crippen LogP contribution in [0.3, 0.4) is 0 Å². The highest BCUT2D eigenvalue weighted by Crippen LogP contribution is 2.31. The molecule has 2 atom stereocenters. The van der Waals surface area contributed by atoms with Gasteiger partial charge in [-0.2, -0.15) is 13.2 Å². The van der Waals surface area contributed by atoms with E-state index in [2.05, 4.69) is 4.42 Å². The summed E-state index contributed by atoms with van der Waals surface area (Å²) in [4.78, 5) is 34.3. The van der Waals surface area contributed by atoms with Crippen molar-refractivity contribution >= 4 is 22.7 Å². The third-order valence-corrected chi connectivity index (χ3v) is 6.36. The van der Waals surface area contributed by atoms with Gasteiger partial charge in [-0.15, -0.1) is 0 Å². The van der Waals surface area contributed by atoms with E-state index < -0.39 is 23.7 Å². The van der Waals surface area contributed by atoms with Gasteiger partial charge in [0.1, 0.15) is 31.3 Å². The molecule has 2 heterocycles. The van der Waals surface area contributed by atoms with E-state index in [0.717, 1.165) is 35.7 Å². The van der Waals surface area contributed by atoms with Gasteiger partial charge in [-0.05, 0) is 41.8 Å². The number of rotatable bonds is 9. The molecule has 0 bridgehead atoms. The van der Waals surface area contributed by atoms with Crippen molar-refractivity contribution in [2.75, 3.05) is 6.61 Å². The van der Waals surface area contributed by atoms with Gasteiger partial charge in [0.25, 0.3) is 0 Å². The number of ketones is 1. The van der Waals surface area contributed by atoms with Crippen LogP contribution in [0.4, 0.5) is 13.2 Å². The van der Waals surface area contributed by atoms with E-state index in [4.69, 9.17) is 13.9 Å². The highest BCUT2D eigenvalue weighted by molar-refractivity contribution is 8.15. The van der Waals surface area contributed by atoms with E-state index in [9.17, 15) is 27.6 Å². The van der Waals surface area contributed by atoms with Crippen molar-refractivity contribution in [2.24, 2.45) is 0 Å². The second kappa shape index (κ2) is 10.5. The Labute approximate surface area is 201 Å². The summed E-state index contributed by atoms with van der Waals surface area (Å²) in [6, 6.07) is 11.4. The van der Waals surface area contributed by atoms with Gasteiger partial charge < -0.3 is 18.3 Å². The zero-order valence-electron chi connectivity index (χ0n) is 18.1. The van der Waals surface area contributed by atoms with Crippen molar-refractivity contribution in [3.63, 3.8) is 0 Å². The number of benzene rings is 2. The Morgan fingerprint density at radius 2 is 1.74 bits per heavy atom. The molecule has 4 rings (SSSR count). The maximum atomic E-state index is 12.9. The topological polar surface area (TPSA) is 96.0 Å². The number of halogens is 3. The molecular formula is C24H19F3O7S. The highest BCUT2D eigenvalue weighted by Gasteiger charge is 2.32. The van der Waals surface area contributed by atoms with Crippen molar-refractivity contribution in [1.29, 1.82) is 0 Å². The minimum Gasteiger partial charge on any atom is -0.491 e. The molecule has 0 amide bonds. The number of carbonyl (C=O) groups excluding carboxylic acids is 2. The molecule has 35 heavy (non-hydrogen) atoms. The molecule has 1 aromatic heterocycles. The Balaban J connectivity index is 1.41. The summed E-state index contributed by atoms with van der Waals surface area (Å²) in [5.41, 5.74) is 0.503. The molecule has 2 unspecified atom stereocenters. The van der Waals surface area contributed by atoms with Crippen LogP contribution < -0.4 is 10.6 Å². The molecule has 0 saturated carbocycles. The van der Waals surface area contributed by atoms with E-state index in [-0.39, 0.29) is 41.5 Å². The van der Waals surface area contributed by atoms with Crippen molar-refractivity contribution in [1.82, 2.24) is 0 Å². The molecule has 0 radical (unpaired) electrons. The standard InChI is InChI=1S/C24H19F3O7S/c25-24(26,27)16-5-3-15(4-6-16)20(32-11-18-12-33-23(30)34-18)13-31-17-7-1-14(2-8-17)9-21-19(28)10-22(29)35-21/h1-8,12,20-21H,9-11,13H2. The Morgan fingerprint density at radius 3 is 2.31 bits per heavy atom. The fraction of sp³-hybridized carbons (Fsp3) is 0.292. The molecule has 1 aliphatic rings. The summed E-state index contributed by atoms with van der Waals surface area (Å²) in [6.07, 6.45) is -3.77. The molecule has 1 saturated heterocycles. The molecule has 1 aliphatic heterocycles. The molecule has 1 fully saturated rings. The maximum absolute atomic E-state index is 12.9. The van der Waals surface area contributed by atoms with Crippen LogP contribution in [0.15, 0.2) is 68.4 Å². The predicted molar refractivity (Wildman–Crippen MR) is 118 cm³/mol. The monoisotopic (exact) mass is 508 g/mol. The van der Waals surface area contributed by atoms with E-state index in [0.29, 0.717) is 17.7 Å². The van der Waals surface area contributed by atoms with Crippen molar-refractivity contribution in [3.05, 3.63) is 87.9 Å². The normalized spacial score (nSPS) is 17.1. The van der Waals surface area contributed by atoms with Gasteiger partial charge in [-0.1, -0.05) is 36.0 Å². The number of hydrogen-bond acceptors (Lipinski definition) is 8. The van der Waals surface area contributed by atoms with Crippen molar-refractivity contribution in [2.45, 2.75) is 37.0 Å². The van der Waals surface area contributed by atoms with Crippen LogP contribution >= 0.6 is 11.8 Å². The summed E-state index contributed by atoms with van der Waals surface area (Å²) >= 11 is 1.05. The Kier molecular flexibility index (Phi) is 7.46. The molecule has 3 aromatic rings. The second-order valence-corrected chi connectivity index (χ2v) is 9.01. The first-order valence-electron chi connectivity index (χ1n) is 10.5. The van der Waals surface area contributed by atoms with Gasteiger partial charge in [0.2, 0.25) is 0 Å².